The average molecular weight is 514 g/mol. The number of rotatable bonds is 11. The molecule has 7 heteroatoms. The van der Waals surface area contributed by atoms with Crippen LogP contribution in [0.25, 0.3) is 0 Å². The minimum atomic E-state index is 0. The molecular weight excluding hydrogens is 479 g/mol. The molecule has 0 aliphatic heterocycles. The third-order valence-corrected chi connectivity index (χ3v) is 4.52. The van der Waals surface area contributed by atoms with Crippen LogP contribution in [0.3, 0.4) is 0 Å². The van der Waals surface area contributed by atoms with Gasteiger partial charge >= 0.3 is 0 Å². The molecule has 1 aromatic heterocycles. The van der Waals surface area contributed by atoms with E-state index in [0.717, 1.165) is 55.4 Å². The number of halogens is 1. The Bertz CT molecular complexity index is 725. The minimum absolute atomic E-state index is 0. The van der Waals surface area contributed by atoms with Crippen molar-refractivity contribution in [3.63, 3.8) is 0 Å². The van der Waals surface area contributed by atoms with Gasteiger partial charge in [0, 0.05) is 31.7 Å². The molecule has 0 amide bonds. The summed E-state index contributed by atoms with van der Waals surface area (Å²) in [6.45, 7) is 11.8. The molecule has 0 radical (unpaired) electrons. The number of ether oxygens (including phenoxy) is 1. The molecule has 0 aliphatic rings. The zero-order valence-electron chi connectivity index (χ0n) is 18.1. The molecular formula is C22H35IN4O2. The Kier molecular flexibility index (Phi) is 12.6. The van der Waals surface area contributed by atoms with Crippen LogP contribution in [-0.4, -0.2) is 24.3 Å². The topological polar surface area (TPSA) is 71.7 Å². The summed E-state index contributed by atoms with van der Waals surface area (Å²) in [5.74, 6) is 1.73. The molecule has 0 saturated heterocycles. The van der Waals surface area contributed by atoms with Gasteiger partial charge in [-0.1, -0.05) is 50.2 Å². The summed E-state index contributed by atoms with van der Waals surface area (Å²) in [7, 11) is 0. The first-order valence-corrected chi connectivity index (χ1v) is 10.4. The van der Waals surface area contributed by atoms with E-state index in [0.29, 0.717) is 19.7 Å². The first-order chi connectivity index (χ1) is 13.7. The van der Waals surface area contributed by atoms with Crippen molar-refractivity contribution in [2.75, 3.05) is 13.2 Å². The van der Waals surface area contributed by atoms with E-state index in [1.165, 1.54) is 11.1 Å². The van der Waals surface area contributed by atoms with Gasteiger partial charge in [0.05, 0.1) is 18.8 Å². The van der Waals surface area contributed by atoms with Crippen molar-refractivity contribution in [2.24, 2.45) is 4.99 Å². The number of aromatic nitrogens is 1. The average Bonchev–Trinajstić information content (AvgIpc) is 3.13. The van der Waals surface area contributed by atoms with E-state index in [1.807, 2.05) is 12.1 Å². The van der Waals surface area contributed by atoms with Gasteiger partial charge in [0.15, 0.2) is 5.96 Å². The van der Waals surface area contributed by atoms with Crippen LogP contribution in [0.2, 0.25) is 0 Å². The van der Waals surface area contributed by atoms with Gasteiger partial charge in [-0.3, -0.25) is 0 Å². The summed E-state index contributed by atoms with van der Waals surface area (Å²) in [5, 5.41) is 10.9. The molecule has 0 fully saturated rings. The fraction of sp³-hybridized carbons (Fsp3) is 0.545. The summed E-state index contributed by atoms with van der Waals surface area (Å²) in [5.41, 5.74) is 4.53. The normalized spacial score (nSPS) is 11.2. The van der Waals surface area contributed by atoms with E-state index in [2.05, 4.69) is 55.6 Å². The second-order valence-electron chi connectivity index (χ2n) is 6.61. The minimum Gasteiger partial charge on any atom is -0.377 e. The number of hydrogen-bond donors (Lipinski definition) is 2. The van der Waals surface area contributed by atoms with Gasteiger partial charge in [-0.2, -0.15) is 0 Å². The zero-order chi connectivity index (χ0) is 20.2. The van der Waals surface area contributed by atoms with Gasteiger partial charge in [-0.25, -0.2) is 4.99 Å². The van der Waals surface area contributed by atoms with Crippen LogP contribution in [0.15, 0.2) is 33.8 Å². The molecule has 2 rings (SSSR count). The third kappa shape index (κ3) is 7.97. The number of hydrogen-bond acceptors (Lipinski definition) is 4. The summed E-state index contributed by atoms with van der Waals surface area (Å²) in [6, 6.07) is 8.32. The van der Waals surface area contributed by atoms with Crippen LogP contribution in [0.4, 0.5) is 0 Å². The van der Waals surface area contributed by atoms with Gasteiger partial charge in [0.25, 0.3) is 0 Å². The predicted octanol–water partition coefficient (Wildman–Crippen LogP) is 4.60. The van der Waals surface area contributed by atoms with Crippen LogP contribution in [0.1, 0.15) is 62.3 Å². The number of nitrogens with one attached hydrogen (secondary N) is 2. The Balaban J connectivity index is 0.00000420. The van der Waals surface area contributed by atoms with E-state index in [4.69, 9.17) is 14.3 Å². The lowest BCUT2D eigenvalue weighted by Gasteiger charge is -2.13. The molecule has 0 saturated carbocycles. The number of aryl methyl sites for hydroxylation is 2. The smallest absolute Gasteiger partial charge is 0.191 e. The van der Waals surface area contributed by atoms with Crippen LogP contribution in [-0.2, 0) is 37.3 Å². The second-order valence-corrected chi connectivity index (χ2v) is 6.61. The molecule has 162 valence electrons. The Morgan fingerprint density at radius 2 is 1.83 bits per heavy atom. The molecule has 0 atom stereocenters. The predicted molar refractivity (Wildman–Crippen MR) is 129 cm³/mol. The maximum atomic E-state index is 5.71. The fourth-order valence-corrected chi connectivity index (χ4v) is 2.99. The molecule has 2 aromatic rings. The van der Waals surface area contributed by atoms with Crippen molar-refractivity contribution in [3.8, 4) is 0 Å². The molecule has 1 heterocycles. The number of guanidine groups is 1. The lowest BCUT2D eigenvalue weighted by Crippen LogP contribution is -2.37. The largest absolute Gasteiger partial charge is 0.377 e. The number of nitrogens with zero attached hydrogens (tertiary/aromatic N) is 2. The standard InChI is InChI=1S/C22H34N4O2.HI/c1-5-13-27-16-18-12-10-9-11-17(18)14-24-22(23-8-4)25-15-19-20(6-2)26-28-21(19)7-3;/h9-12H,5-8,13-16H2,1-4H3,(H2,23,24,25);1H. The highest BCUT2D eigenvalue weighted by molar-refractivity contribution is 14.0. The van der Waals surface area contributed by atoms with E-state index >= 15 is 0 Å². The molecule has 0 aliphatic carbocycles. The highest BCUT2D eigenvalue weighted by atomic mass is 127. The highest BCUT2D eigenvalue weighted by Gasteiger charge is 2.13. The summed E-state index contributed by atoms with van der Waals surface area (Å²) < 4.78 is 11.2. The Hall–Kier alpha value is -1.61. The van der Waals surface area contributed by atoms with E-state index < -0.39 is 0 Å². The Labute approximate surface area is 191 Å². The monoisotopic (exact) mass is 514 g/mol. The fourth-order valence-electron chi connectivity index (χ4n) is 2.99. The SMILES string of the molecule is CCCOCc1ccccc1CN=C(NCC)NCc1c(CC)noc1CC.I. The molecule has 29 heavy (non-hydrogen) atoms. The third-order valence-electron chi connectivity index (χ3n) is 4.52. The maximum Gasteiger partial charge on any atom is 0.191 e. The summed E-state index contributed by atoms with van der Waals surface area (Å²) >= 11 is 0. The highest BCUT2D eigenvalue weighted by Crippen LogP contribution is 2.15. The van der Waals surface area contributed by atoms with Crippen molar-refractivity contribution in [1.82, 2.24) is 15.8 Å². The van der Waals surface area contributed by atoms with Gasteiger partial charge in [0.1, 0.15) is 5.76 Å². The molecule has 2 N–H and O–H groups in total. The van der Waals surface area contributed by atoms with Crippen molar-refractivity contribution in [3.05, 3.63) is 52.4 Å². The van der Waals surface area contributed by atoms with Gasteiger partial charge in [-0.05, 0) is 30.9 Å². The van der Waals surface area contributed by atoms with E-state index in [1.54, 1.807) is 0 Å². The Morgan fingerprint density at radius 3 is 2.48 bits per heavy atom. The van der Waals surface area contributed by atoms with Crippen LogP contribution < -0.4 is 10.6 Å². The number of aliphatic imine (C=N–C) groups is 1. The molecule has 0 bridgehead atoms. The lowest BCUT2D eigenvalue weighted by molar-refractivity contribution is 0.121. The van der Waals surface area contributed by atoms with E-state index in [9.17, 15) is 0 Å². The first-order valence-electron chi connectivity index (χ1n) is 10.4. The molecule has 6 nitrogen and oxygen atoms in total. The second kappa shape index (κ2) is 14.4. The zero-order valence-corrected chi connectivity index (χ0v) is 20.4. The maximum absolute atomic E-state index is 5.71. The van der Waals surface area contributed by atoms with Crippen molar-refractivity contribution >= 4 is 29.9 Å². The first kappa shape index (κ1) is 25.4. The van der Waals surface area contributed by atoms with Crippen molar-refractivity contribution < 1.29 is 9.26 Å². The van der Waals surface area contributed by atoms with Crippen LogP contribution in [0, 0.1) is 0 Å². The molecule has 0 unspecified atom stereocenters. The van der Waals surface area contributed by atoms with Crippen LogP contribution in [0.5, 0.6) is 0 Å². The van der Waals surface area contributed by atoms with E-state index in [-0.39, 0.29) is 24.0 Å². The van der Waals surface area contributed by atoms with Gasteiger partial charge in [0.2, 0.25) is 0 Å². The van der Waals surface area contributed by atoms with Crippen LogP contribution >= 0.6 is 24.0 Å². The summed E-state index contributed by atoms with van der Waals surface area (Å²) in [6.07, 6.45) is 2.72. The molecule has 1 aromatic carbocycles. The quantitative estimate of drug-likeness (QED) is 0.199. The molecule has 0 spiro atoms. The van der Waals surface area contributed by atoms with Gasteiger partial charge < -0.3 is 19.9 Å². The lowest BCUT2D eigenvalue weighted by atomic mass is 10.1. The Morgan fingerprint density at radius 1 is 1.07 bits per heavy atom. The summed E-state index contributed by atoms with van der Waals surface area (Å²) in [4.78, 5) is 4.77. The van der Waals surface area contributed by atoms with Crippen molar-refractivity contribution in [1.29, 1.82) is 0 Å². The number of benzene rings is 1. The van der Waals surface area contributed by atoms with Crippen molar-refractivity contribution in [2.45, 2.75) is 66.7 Å². The van der Waals surface area contributed by atoms with Gasteiger partial charge in [-0.15, -0.1) is 24.0 Å².